The summed E-state index contributed by atoms with van der Waals surface area (Å²) in [6, 6.07) is 2.51. The maximum atomic E-state index is 5.71. The molecule has 0 spiro atoms. The van der Waals surface area contributed by atoms with Crippen LogP contribution >= 0.6 is 0 Å². The highest BCUT2D eigenvalue weighted by molar-refractivity contribution is 6.78. The van der Waals surface area contributed by atoms with Crippen molar-refractivity contribution in [1.82, 2.24) is 0 Å². The van der Waals surface area contributed by atoms with E-state index in [0.29, 0.717) is 0 Å². The molecule has 0 aromatic rings. The zero-order valence-corrected chi connectivity index (χ0v) is 10.4. The molecule has 0 rings (SSSR count). The summed E-state index contributed by atoms with van der Waals surface area (Å²) < 4.78 is 5.71. The average Bonchev–Trinajstić information content (AvgIpc) is 2.20. The molecule has 0 heterocycles. The zero-order chi connectivity index (χ0) is 10.2. The van der Waals surface area contributed by atoms with E-state index in [1.54, 1.807) is 0 Å². The van der Waals surface area contributed by atoms with Gasteiger partial charge in [0.15, 0.2) is 0 Å². The van der Waals surface area contributed by atoms with Crippen LogP contribution < -0.4 is 0 Å². The topological polar surface area (TPSA) is 9.23 Å². The lowest BCUT2D eigenvalue weighted by Gasteiger charge is -2.25. The van der Waals surface area contributed by atoms with E-state index < -0.39 is 8.32 Å². The average molecular weight is 200 g/mol. The maximum absolute atomic E-state index is 5.71. The molecule has 0 aromatic carbocycles. The third-order valence-electron chi connectivity index (χ3n) is 2.69. The Hall–Kier alpha value is -0.0831. The standard InChI is InChI=1S/C11H24OSi/c1-5-8-10-13(7-3,12-4)11-9-6-2/h7H,3,5-6,8-11H2,1-2,4H3. The SMILES string of the molecule is C=C[Si](CCCC)(CCCC)OC. The van der Waals surface area contributed by atoms with Crippen molar-refractivity contribution < 1.29 is 4.43 Å². The lowest BCUT2D eigenvalue weighted by atomic mass is 10.4. The molecule has 0 fully saturated rings. The highest BCUT2D eigenvalue weighted by atomic mass is 28.4. The predicted octanol–water partition coefficient (Wildman–Crippen LogP) is 3.90. The molecule has 0 aliphatic heterocycles. The second kappa shape index (κ2) is 7.33. The fraction of sp³-hybridized carbons (Fsp3) is 0.818. The normalized spacial score (nSPS) is 11.6. The molecule has 0 radical (unpaired) electrons. The van der Waals surface area contributed by atoms with Gasteiger partial charge in [0.1, 0.15) is 0 Å². The van der Waals surface area contributed by atoms with Gasteiger partial charge in [-0.1, -0.05) is 45.2 Å². The number of unbranched alkanes of at least 4 members (excludes halogenated alkanes) is 2. The zero-order valence-electron chi connectivity index (χ0n) is 9.44. The van der Waals surface area contributed by atoms with Crippen LogP contribution in [0.5, 0.6) is 0 Å². The van der Waals surface area contributed by atoms with Gasteiger partial charge < -0.3 is 4.43 Å². The molecule has 0 amide bonds. The van der Waals surface area contributed by atoms with Crippen LogP contribution in [-0.2, 0) is 4.43 Å². The highest BCUT2D eigenvalue weighted by Crippen LogP contribution is 2.23. The fourth-order valence-electron chi connectivity index (χ4n) is 1.57. The number of hydrogen-bond acceptors (Lipinski definition) is 1. The van der Waals surface area contributed by atoms with Crippen LogP contribution in [0, 0.1) is 0 Å². The van der Waals surface area contributed by atoms with Crippen LogP contribution in [0.15, 0.2) is 12.3 Å². The fourth-order valence-corrected chi connectivity index (χ4v) is 4.71. The van der Waals surface area contributed by atoms with E-state index in [2.05, 4.69) is 26.1 Å². The predicted molar refractivity (Wildman–Crippen MR) is 62.4 cm³/mol. The van der Waals surface area contributed by atoms with E-state index in [1.807, 2.05) is 7.11 Å². The Morgan fingerprint density at radius 3 is 1.85 bits per heavy atom. The van der Waals surface area contributed by atoms with Crippen molar-refractivity contribution in [1.29, 1.82) is 0 Å². The molecule has 0 atom stereocenters. The van der Waals surface area contributed by atoms with E-state index in [-0.39, 0.29) is 0 Å². The van der Waals surface area contributed by atoms with Gasteiger partial charge in [0, 0.05) is 7.11 Å². The molecule has 0 aliphatic rings. The van der Waals surface area contributed by atoms with Gasteiger partial charge >= 0.3 is 0 Å². The van der Waals surface area contributed by atoms with E-state index in [1.165, 1.54) is 37.8 Å². The van der Waals surface area contributed by atoms with Crippen LogP contribution in [0.4, 0.5) is 0 Å². The Bertz CT molecular complexity index is 126. The minimum Gasteiger partial charge on any atom is -0.416 e. The van der Waals surface area contributed by atoms with Gasteiger partial charge in [0.25, 0.3) is 0 Å². The molecule has 0 saturated carbocycles. The van der Waals surface area contributed by atoms with Crippen molar-refractivity contribution in [3.05, 3.63) is 12.3 Å². The lowest BCUT2D eigenvalue weighted by Crippen LogP contribution is -2.34. The summed E-state index contributed by atoms with van der Waals surface area (Å²) in [4.78, 5) is 0. The van der Waals surface area contributed by atoms with Gasteiger partial charge in [-0.25, -0.2) is 0 Å². The summed E-state index contributed by atoms with van der Waals surface area (Å²) in [7, 11) is 0.339. The number of hydrogen-bond donors (Lipinski definition) is 0. The third kappa shape index (κ3) is 4.63. The van der Waals surface area contributed by atoms with Crippen molar-refractivity contribution in [3.8, 4) is 0 Å². The van der Waals surface area contributed by atoms with Crippen molar-refractivity contribution >= 4 is 8.32 Å². The molecule has 1 nitrogen and oxygen atoms in total. The third-order valence-corrected chi connectivity index (χ3v) is 6.64. The summed E-state index contributed by atoms with van der Waals surface area (Å²) in [5.41, 5.74) is 2.12. The Kier molecular flexibility index (Phi) is 7.29. The van der Waals surface area contributed by atoms with Crippen LogP contribution in [0.25, 0.3) is 0 Å². The summed E-state index contributed by atoms with van der Waals surface area (Å²) in [6.07, 6.45) is 5.10. The Morgan fingerprint density at radius 1 is 1.15 bits per heavy atom. The maximum Gasteiger partial charge on any atom is 0.216 e. The van der Waals surface area contributed by atoms with Gasteiger partial charge in [-0.15, -0.1) is 6.58 Å². The lowest BCUT2D eigenvalue weighted by molar-refractivity contribution is 0.397. The van der Waals surface area contributed by atoms with Crippen molar-refractivity contribution in [3.63, 3.8) is 0 Å². The molecule has 0 saturated heterocycles. The van der Waals surface area contributed by atoms with Crippen LogP contribution in [0.1, 0.15) is 39.5 Å². The first-order valence-electron chi connectivity index (χ1n) is 5.43. The summed E-state index contributed by atoms with van der Waals surface area (Å²) in [5.74, 6) is 0. The van der Waals surface area contributed by atoms with Gasteiger partial charge in [0.2, 0.25) is 8.32 Å². The molecule has 0 bridgehead atoms. The second-order valence-electron chi connectivity index (χ2n) is 3.68. The Labute approximate surface area is 84.3 Å². The van der Waals surface area contributed by atoms with Gasteiger partial charge in [-0.2, -0.15) is 0 Å². The van der Waals surface area contributed by atoms with Gasteiger partial charge in [-0.3, -0.25) is 0 Å². The van der Waals surface area contributed by atoms with E-state index in [4.69, 9.17) is 4.43 Å². The van der Waals surface area contributed by atoms with Gasteiger partial charge in [0.05, 0.1) is 0 Å². The molecule has 78 valence electrons. The first-order chi connectivity index (χ1) is 6.24. The Morgan fingerprint density at radius 2 is 1.62 bits per heavy atom. The van der Waals surface area contributed by atoms with Crippen molar-refractivity contribution in [2.45, 2.75) is 51.6 Å². The Balaban J connectivity index is 4.04. The van der Waals surface area contributed by atoms with Crippen LogP contribution in [0.3, 0.4) is 0 Å². The molecule has 13 heavy (non-hydrogen) atoms. The monoisotopic (exact) mass is 200 g/mol. The first kappa shape index (κ1) is 12.9. The van der Waals surface area contributed by atoms with E-state index >= 15 is 0 Å². The van der Waals surface area contributed by atoms with E-state index in [0.717, 1.165) is 0 Å². The van der Waals surface area contributed by atoms with Crippen molar-refractivity contribution in [2.75, 3.05) is 7.11 Å². The molecule has 0 N–H and O–H groups in total. The minimum absolute atomic E-state index is 1.25. The molecular weight excluding hydrogens is 176 g/mol. The molecule has 0 aliphatic carbocycles. The number of rotatable bonds is 8. The summed E-state index contributed by atoms with van der Waals surface area (Å²) in [6.45, 7) is 8.41. The molecule has 0 aromatic heterocycles. The first-order valence-corrected chi connectivity index (χ1v) is 7.83. The minimum atomic E-state index is -1.52. The quantitative estimate of drug-likeness (QED) is 0.540. The second-order valence-corrected chi connectivity index (χ2v) is 7.63. The molecule has 2 heteroatoms. The highest BCUT2D eigenvalue weighted by Gasteiger charge is 2.28. The smallest absolute Gasteiger partial charge is 0.216 e. The summed E-state index contributed by atoms with van der Waals surface area (Å²) in [5, 5.41) is 0. The molecular formula is C11H24OSi. The van der Waals surface area contributed by atoms with E-state index in [9.17, 15) is 0 Å². The van der Waals surface area contributed by atoms with Crippen molar-refractivity contribution in [2.24, 2.45) is 0 Å². The van der Waals surface area contributed by atoms with Crippen LogP contribution in [-0.4, -0.2) is 15.4 Å². The summed E-state index contributed by atoms with van der Waals surface area (Å²) >= 11 is 0. The molecule has 0 unspecified atom stereocenters. The largest absolute Gasteiger partial charge is 0.416 e. The van der Waals surface area contributed by atoms with Gasteiger partial charge in [-0.05, 0) is 12.1 Å². The van der Waals surface area contributed by atoms with Crippen LogP contribution in [0.2, 0.25) is 12.1 Å².